The molecule has 23 heavy (non-hydrogen) atoms. The molecule has 0 nitrogen and oxygen atoms in total. The molecule has 0 aromatic heterocycles. The number of hydrogen-bond donors (Lipinski definition) is 0. The Morgan fingerprint density at radius 2 is 1.48 bits per heavy atom. The summed E-state index contributed by atoms with van der Waals surface area (Å²) in [5, 5.41) is 0. The fraction of sp³-hybridized carbons (Fsp3) is 0.619. The van der Waals surface area contributed by atoms with Crippen LogP contribution >= 0.6 is 11.8 Å². The highest BCUT2D eigenvalue weighted by Crippen LogP contribution is 2.12. The topological polar surface area (TPSA) is 0 Å². The largest absolute Gasteiger partial charge is 0.206 e. The third kappa shape index (κ3) is 11.3. The molecule has 1 rings (SSSR count). The first-order chi connectivity index (χ1) is 11.3. The minimum Gasteiger partial charge on any atom is -0.206 e. The zero-order chi connectivity index (χ0) is 16.6. The number of hydrogen-bond acceptors (Lipinski definition) is 1. The van der Waals surface area contributed by atoms with Crippen molar-refractivity contribution in [3.63, 3.8) is 0 Å². The lowest BCUT2D eigenvalue weighted by atomic mass is 10.1. The van der Waals surface area contributed by atoms with Gasteiger partial charge in [-0.3, -0.25) is 0 Å². The lowest BCUT2D eigenvalue weighted by Gasteiger charge is -2.01. The zero-order valence-corrected chi connectivity index (χ0v) is 15.4. The molecule has 0 radical (unpaired) electrons. The number of thioether (sulfide) groups is 1. The Labute approximate surface area is 146 Å². The fourth-order valence-corrected chi connectivity index (χ4v) is 3.22. The van der Waals surface area contributed by atoms with Crippen molar-refractivity contribution in [1.82, 2.24) is 0 Å². The van der Waals surface area contributed by atoms with Crippen molar-refractivity contribution in [3.05, 3.63) is 35.6 Å². The maximum absolute atomic E-state index is 13.4. The van der Waals surface area contributed by atoms with Gasteiger partial charge in [0.25, 0.3) is 0 Å². The average Bonchev–Trinajstić information content (AvgIpc) is 2.57. The molecule has 0 aliphatic heterocycles. The maximum atomic E-state index is 13.4. The Hall–Kier alpha value is -0.940. The van der Waals surface area contributed by atoms with Gasteiger partial charge in [0.05, 0.1) is 5.56 Å². The normalized spacial score (nSPS) is 10.3. The van der Waals surface area contributed by atoms with Crippen LogP contribution in [0.4, 0.5) is 4.39 Å². The number of unbranched alkanes of at least 4 members (excludes halogenated alkanes) is 9. The highest BCUT2D eigenvalue weighted by atomic mass is 32.2. The summed E-state index contributed by atoms with van der Waals surface area (Å²) in [4.78, 5) is 0. The quantitative estimate of drug-likeness (QED) is 0.298. The van der Waals surface area contributed by atoms with Gasteiger partial charge in [-0.25, -0.2) is 4.39 Å². The van der Waals surface area contributed by atoms with Gasteiger partial charge in [-0.05, 0) is 36.5 Å². The molecule has 0 N–H and O–H groups in total. The van der Waals surface area contributed by atoms with Crippen molar-refractivity contribution in [3.8, 4) is 11.8 Å². The molecule has 0 spiro atoms. The molecule has 2 heteroatoms. The maximum Gasteiger partial charge on any atom is 0.138 e. The Morgan fingerprint density at radius 3 is 2.13 bits per heavy atom. The summed E-state index contributed by atoms with van der Waals surface area (Å²) in [5.41, 5.74) is 0.518. The molecule has 128 valence electrons. The molecule has 0 amide bonds. The highest BCUT2D eigenvalue weighted by molar-refractivity contribution is 7.99. The van der Waals surface area contributed by atoms with E-state index in [0.717, 1.165) is 12.8 Å². The van der Waals surface area contributed by atoms with Crippen LogP contribution in [0.5, 0.6) is 0 Å². The molecule has 0 bridgehead atoms. The molecular formula is C21H31FS. The summed E-state index contributed by atoms with van der Waals surface area (Å²) < 4.78 is 13.4. The molecule has 0 aliphatic rings. The minimum absolute atomic E-state index is 0.215. The van der Waals surface area contributed by atoms with Crippen LogP contribution in [0.2, 0.25) is 0 Å². The van der Waals surface area contributed by atoms with E-state index >= 15 is 0 Å². The van der Waals surface area contributed by atoms with Crippen LogP contribution in [0.3, 0.4) is 0 Å². The smallest absolute Gasteiger partial charge is 0.138 e. The molecule has 1 aromatic carbocycles. The van der Waals surface area contributed by atoms with E-state index in [2.05, 4.69) is 30.5 Å². The van der Waals surface area contributed by atoms with Crippen LogP contribution in [0.1, 0.15) is 76.7 Å². The van der Waals surface area contributed by atoms with Gasteiger partial charge in [-0.1, -0.05) is 75.8 Å². The molecule has 1 aromatic rings. The van der Waals surface area contributed by atoms with Crippen LogP contribution in [-0.2, 0) is 0 Å². The number of halogens is 1. The van der Waals surface area contributed by atoms with E-state index in [4.69, 9.17) is 0 Å². The number of benzene rings is 1. The van der Waals surface area contributed by atoms with Gasteiger partial charge in [-0.15, -0.1) is 0 Å². The van der Waals surface area contributed by atoms with E-state index in [0.29, 0.717) is 5.56 Å². The second-order valence-electron chi connectivity index (χ2n) is 5.91. The molecule has 0 heterocycles. The van der Waals surface area contributed by atoms with E-state index in [1.807, 2.05) is 6.07 Å². The SMILES string of the molecule is CCSCCCCCCCCCCCC#Cc1ccccc1F. The highest BCUT2D eigenvalue weighted by Gasteiger charge is 1.95. The average molecular weight is 335 g/mol. The van der Waals surface area contributed by atoms with Crippen molar-refractivity contribution in [2.75, 3.05) is 11.5 Å². The Bertz CT molecular complexity index is 458. The first kappa shape index (κ1) is 20.1. The van der Waals surface area contributed by atoms with Crippen molar-refractivity contribution >= 4 is 11.8 Å². The van der Waals surface area contributed by atoms with Crippen LogP contribution < -0.4 is 0 Å². The second kappa shape index (κ2) is 14.6. The lowest BCUT2D eigenvalue weighted by Crippen LogP contribution is -1.84. The van der Waals surface area contributed by atoms with Gasteiger partial charge >= 0.3 is 0 Å². The summed E-state index contributed by atoms with van der Waals surface area (Å²) in [6, 6.07) is 6.73. The van der Waals surface area contributed by atoms with Gasteiger partial charge < -0.3 is 0 Å². The summed E-state index contributed by atoms with van der Waals surface area (Å²) in [6.07, 6.45) is 12.9. The first-order valence-electron chi connectivity index (χ1n) is 9.15. The van der Waals surface area contributed by atoms with E-state index in [1.165, 1.54) is 68.9 Å². The van der Waals surface area contributed by atoms with Gasteiger partial charge in [-0.2, -0.15) is 11.8 Å². The predicted molar refractivity (Wildman–Crippen MR) is 102 cm³/mol. The molecule has 0 atom stereocenters. The Morgan fingerprint density at radius 1 is 0.870 bits per heavy atom. The summed E-state index contributed by atoms with van der Waals surface area (Å²) in [6.45, 7) is 2.23. The Balaban J connectivity index is 1.88. The predicted octanol–water partition coefficient (Wildman–Crippen LogP) is 6.83. The van der Waals surface area contributed by atoms with E-state index < -0.39 is 0 Å². The second-order valence-corrected chi connectivity index (χ2v) is 7.30. The van der Waals surface area contributed by atoms with E-state index in [9.17, 15) is 4.39 Å². The standard InChI is InChI=1S/C21H31FS/c1-2-23-19-15-11-9-7-5-3-4-6-8-10-12-16-20-17-13-14-18-21(20)22/h13-14,17-18H,2-11,15,19H2,1H3. The summed E-state index contributed by atoms with van der Waals surface area (Å²) in [5.74, 6) is 8.39. The molecule has 0 fully saturated rings. The molecular weight excluding hydrogens is 303 g/mol. The number of rotatable bonds is 12. The van der Waals surface area contributed by atoms with Crippen molar-refractivity contribution in [2.45, 2.75) is 71.1 Å². The molecule has 0 aliphatic carbocycles. The summed E-state index contributed by atoms with van der Waals surface area (Å²) in [7, 11) is 0. The van der Waals surface area contributed by atoms with Gasteiger partial charge in [0.15, 0.2) is 0 Å². The third-order valence-electron chi connectivity index (χ3n) is 3.89. The molecule has 0 unspecified atom stereocenters. The van der Waals surface area contributed by atoms with E-state index in [-0.39, 0.29) is 5.82 Å². The van der Waals surface area contributed by atoms with Crippen LogP contribution in [0.25, 0.3) is 0 Å². The van der Waals surface area contributed by atoms with Crippen molar-refractivity contribution in [2.24, 2.45) is 0 Å². The zero-order valence-electron chi connectivity index (χ0n) is 14.6. The first-order valence-corrected chi connectivity index (χ1v) is 10.3. The van der Waals surface area contributed by atoms with E-state index in [1.54, 1.807) is 12.1 Å². The third-order valence-corrected chi connectivity index (χ3v) is 4.88. The minimum atomic E-state index is -0.215. The molecule has 0 saturated heterocycles. The van der Waals surface area contributed by atoms with Crippen LogP contribution in [0.15, 0.2) is 24.3 Å². The van der Waals surface area contributed by atoms with Crippen molar-refractivity contribution < 1.29 is 4.39 Å². The van der Waals surface area contributed by atoms with Crippen LogP contribution in [0, 0.1) is 17.7 Å². The van der Waals surface area contributed by atoms with Gasteiger partial charge in [0.1, 0.15) is 5.82 Å². The van der Waals surface area contributed by atoms with Gasteiger partial charge in [0, 0.05) is 6.42 Å². The Kier molecular flexibility index (Phi) is 12.8. The summed E-state index contributed by atoms with van der Waals surface area (Å²) >= 11 is 2.06. The van der Waals surface area contributed by atoms with Crippen molar-refractivity contribution in [1.29, 1.82) is 0 Å². The molecule has 0 saturated carbocycles. The van der Waals surface area contributed by atoms with Gasteiger partial charge in [0.2, 0.25) is 0 Å². The lowest BCUT2D eigenvalue weighted by molar-refractivity contribution is 0.568. The van der Waals surface area contributed by atoms with Crippen LogP contribution in [-0.4, -0.2) is 11.5 Å². The monoisotopic (exact) mass is 334 g/mol. The fourth-order valence-electron chi connectivity index (χ4n) is 2.52.